The van der Waals surface area contributed by atoms with Crippen LogP contribution in [-0.2, 0) is 16.2 Å². The molecule has 29 heavy (non-hydrogen) atoms. The van der Waals surface area contributed by atoms with E-state index in [4.69, 9.17) is 26.8 Å². The molecule has 0 aliphatic carbocycles. The van der Waals surface area contributed by atoms with Crippen LogP contribution in [0.5, 0.6) is 11.5 Å². The van der Waals surface area contributed by atoms with Crippen molar-refractivity contribution >= 4 is 45.7 Å². The number of hydrogen-bond donors (Lipinski definition) is 1. The van der Waals surface area contributed by atoms with E-state index in [1.165, 1.54) is 0 Å². The molecule has 2 aromatic carbocycles. The number of carbonyl (C=O) groups is 2. The Morgan fingerprint density at radius 3 is 2.55 bits per heavy atom. The van der Waals surface area contributed by atoms with Crippen LogP contribution in [0.1, 0.15) is 18.1 Å². The molecular formula is C21H19NO5S2. The minimum atomic E-state index is -1.11. The third-order valence-electron chi connectivity index (χ3n) is 4.32. The van der Waals surface area contributed by atoms with Gasteiger partial charge in [0.1, 0.15) is 17.5 Å². The number of carboxylic acids is 1. The summed E-state index contributed by atoms with van der Waals surface area (Å²) in [6.07, 6.45) is 0. The van der Waals surface area contributed by atoms with Gasteiger partial charge in [0.15, 0.2) is 11.5 Å². The number of aliphatic carboxylic acids is 1. The van der Waals surface area contributed by atoms with Crippen molar-refractivity contribution in [2.24, 2.45) is 0 Å². The predicted octanol–water partition coefficient (Wildman–Crippen LogP) is 3.95. The van der Waals surface area contributed by atoms with Crippen molar-refractivity contribution < 1.29 is 24.2 Å². The molecule has 1 aliphatic rings. The summed E-state index contributed by atoms with van der Waals surface area (Å²) < 4.78 is 11.6. The fourth-order valence-electron chi connectivity index (χ4n) is 2.79. The molecule has 0 atom stereocenters. The molecule has 150 valence electrons. The van der Waals surface area contributed by atoms with Gasteiger partial charge in [0, 0.05) is 0 Å². The second kappa shape index (κ2) is 9.11. The fourth-order valence-corrected chi connectivity index (χ4v) is 4.08. The Hall–Kier alpha value is -2.84. The summed E-state index contributed by atoms with van der Waals surface area (Å²) in [6, 6.07) is 15.2. The quantitative estimate of drug-likeness (QED) is 0.528. The average Bonchev–Trinajstić information content (AvgIpc) is 3.00. The van der Waals surface area contributed by atoms with E-state index < -0.39 is 18.4 Å². The standard InChI is InChI=1S/C21H19NO5S2/c1-13(19-20(25)22(11-18(23)24)21(28)29-19)15-8-9-16(17(10-15)26-2)27-12-14-6-4-3-5-7-14/h3-10H,11-12H2,1-2H3,(H,23,24). The summed E-state index contributed by atoms with van der Waals surface area (Å²) in [4.78, 5) is 25.1. The Labute approximate surface area is 178 Å². The largest absolute Gasteiger partial charge is 0.493 e. The zero-order valence-electron chi connectivity index (χ0n) is 15.9. The highest BCUT2D eigenvalue weighted by Gasteiger charge is 2.35. The maximum absolute atomic E-state index is 12.6. The van der Waals surface area contributed by atoms with Crippen molar-refractivity contribution in [3.63, 3.8) is 0 Å². The molecule has 0 radical (unpaired) electrons. The Bertz CT molecular complexity index is 988. The minimum Gasteiger partial charge on any atom is -0.493 e. The van der Waals surface area contributed by atoms with Gasteiger partial charge in [0.05, 0.1) is 12.0 Å². The first-order valence-corrected chi connectivity index (χ1v) is 9.94. The van der Waals surface area contributed by atoms with Gasteiger partial charge in [-0.2, -0.15) is 0 Å². The molecule has 8 heteroatoms. The third kappa shape index (κ3) is 4.78. The number of allylic oxidation sites excluding steroid dienone is 1. The van der Waals surface area contributed by atoms with Crippen LogP contribution in [0.2, 0.25) is 0 Å². The summed E-state index contributed by atoms with van der Waals surface area (Å²) in [5.41, 5.74) is 2.50. The van der Waals surface area contributed by atoms with E-state index >= 15 is 0 Å². The molecule has 1 N–H and O–H groups in total. The van der Waals surface area contributed by atoms with Crippen LogP contribution in [0.15, 0.2) is 53.4 Å². The zero-order chi connectivity index (χ0) is 21.0. The molecule has 2 aromatic rings. The molecule has 6 nitrogen and oxygen atoms in total. The van der Waals surface area contributed by atoms with Gasteiger partial charge in [0.2, 0.25) is 0 Å². The van der Waals surface area contributed by atoms with Crippen LogP contribution >= 0.6 is 24.0 Å². The minimum absolute atomic E-state index is 0.238. The van der Waals surface area contributed by atoms with Gasteiger partial charge in [0.25, 0.3) is 5.91 Å². The average molecular weight is 430 g/mol. The van der Waals surface area contributed by atoms with Gasteiger partial charge in [-0.05, 0) is 35.8 Å². The first-order chi connectivity index (χ1) is 13.9. The smallest absolute Gasteiger partial charge is 0.323 e. The van der Waals surface area contributed by atoms with Crippen LogP contribution in [0.25, 0.3) is 5.57 Å². The van der Waals surface area contributed by atoms with Gasteiger partial charge < -0.3 is 14.6 Å². The number of ether oxygens (including phenoxy) is 2. The lowest BCUT2D eigenvalue weighted by Gasteiger charge is -2.13. The number of benzene rings is 2. The second-order valence-electron chi connectivity index (χ2n) is 6.25. The molecule has 1 fully saturated rings. The van der Waals surface area contributed by atoms with Crippen molar-refractivity contribution in [3.05, 3.63) is 64.6 Å². The number of carboxylic acid groups (broad SMARTS) is 1. The molecule has 3 rings (SSSR count). The second-order valence-corrected chi connectivity index (χ2v) is 7.89. The molecule has 0 bridgehead atoms. The highest BCUT2D eigenvalue weighted by Crippen LogP contribution is 2.38. The molecule has 0 unspecified atom stereocenters. The molecule has 0 spiro atoms. The first kappa shape index (κ1) is 20.9. The maximum Gasteiger partial charge on any atom is 0.323 e. The Morgan fingerprint density at radius 2 is 1.90 bits per heavy atom. The van der Waals surface area contributed by atoms with Gasteiger partial charge in [-0.3, -0.25) is 14.5 Å². The van der Waals surface area contributed by atoms with Crippen molar-refractivity contribution in [3.8, 4) is 11.5 Å². The molecule has 0 saturated carbocycles. The SMILES string of the molecule is COc1cc(C(C)=C2SC(=S)N(CC(=O)O)C2=O)ccc1OCc1ccccc1. The highest BCUT2D eigenvalue weighted by atomic mass is 32.2. The van der Waals surface area contributed by atoms with Crippen molar-refractivity contribution in [1.29, 1.82) is 0 Å². The number of methoxy groups -OCH3 is 1. The summed E-state index contributed by atoms with van der Waals surface area (Å²) in [6.45, 7) is 1.76. The van der Waals surface area contributed by atoms with Gasteiger partial charge in [-0.1, -0.05) is 60.4 Å². The van der Waals surface area contributed by atoms with E-state index in [1.807, 2.05) is 36.4 Å². The number of thioether (sulfide) groups is 1. The van der Waals surface area contributed by atoms with E-state index in [2.05, 4.69) is 0 Å². The maximum atomic E-state index is 12.6. The van der Waals surface area contributed by atoms with Gasteiger partial charge in [-0.25, -0.2) is 0 Å². The number of nitrogens with zero attached hydrogens (tertiary/aromatic N) is 1. The van der Waals surface area contributed by atoms with Gasteiger partial charge in [-0.15, -0.1) is 0 Å². The van der Waals surface area contributed by atoms with Crippen LogP contribution in [0.3, 0.4) is 0 Å². The van der Waals surface area contributed by atoms with Gasteiger partial charge >= 0.3 is 5.97 Å². The number of amides is 1. The number of carbonyl (C=O) groups excluding carboxylic acids is 1. The third-order valence-corrected chi connectivity index (χ3v) is 5.87. The van der Waals surface area contributed by atoms with Crippen LogP contribution in [-0.4, -0.2) is 39.9 Å². The van der Waals surface area contributed by atoms with Crippen molar-refractivity contribution in [2.45, 2.75) is 13.5 Å². The van der Waals surface area contributed by atoms with E-state index in [0.717, 1.165) is 27.8 Å². The molecule has 0 aromatic heterocycles. The lowest BCUT2D eigenvalue weighted by atomic mass is 10.1. The topological polar surface area (TPSA) is 76.1 Å². The van der Waals surface area contributed by atoms with E-state index in [0.29, 0.717) is 28.6 Å². The Balaban J connectivity index is 1.83. The van der Waals surface area contributed by atoms with Crippen molar-refractivity contribution in [2.75, 3.05) is 13.7 Å². The molecular weight excluding hydrogens is 410 g/mol. The van der Waals surface area contributed by atoms with Crippen LogP contribution < -0.4 is 9.47 Å². The zero-order valence-corrected chi connectivity index (χ0v) is 17.5. The number of hydrogen-bond acceptors (Lipinski definition) is 6. The summed E-state index contributed by atoms with van der Waals surface area (Å²) in [5, 5.41) is 8.97. The lowest BCUT2D eigenvalue weighted by molar-refractivity contribution is -0.140. The summed E-state index contributed by atoms with van der Waals surface area (Å²) in [5.74, 6) is -0.379. The fraction of sp³-hybridized carbons (Fsp3) is 0.190. The van der Waals surface area contributed by atoms with E-state index in [-0.39, 0.29) is 4.32 Å². The highest BCUT2D eigenvalue weighted by molar-refractivity contribution is 8.26. The lowest BCUT2D eigenvalue weighted by Crippen LogP contribution is -2.33. The monoisotopic (exact) mass is 429 g/mol. The molecule has 1 amide bonds. The molecule has 1 heterocycles. The molecule has 1 aliphatic heterocycles. The van der Waals surface area contributed by atoms with Crippen molar-refractivity contribution in [1.82, 2.24) is 4.90 Å². The Kier molecular flexibility index (Phi) is 6.56. The normalized spacial score (nSPS) is 15.4. The predicted molar refractivity (Wildman–Crippen MR) is 116 cm³/mol. The number of rotatable bonds is 7. The van der Waals surface area contributed by atoms with Crippen LogP contribution in [0, 0.1) is 0 Å². The molecule has 1 saturated heterocycles. The first-order valence-electron chi connectivity index (χ1n) is 8.72. The summed E-state index contributed by atoms with van der Waals surface area (Å²) >= 11 is 6.26. The Morgan fingerprint density at radius 1 is 1.17 bits per heavy atom. The van der Waals surface area contributed by atoms with Crippen LogP contribution in [0.4, 0.5) is 0 Å². The van der Waals surface area contributed by atoms with E-state index in [9.17, 15) is 9.59 Å². The number of thiocarbonyl (C=S) groups is 1. The van der Waals surface area contributed by atoms with E-state index in [1.54, 1.807) is 26.2 Å². The summed E-state index contributed by atoms with van der Waals surface area (Å²) in [7, 11) is 1.55.